The lowest BCUT2D eigenvalue weighted by Gasteiger charge is -2.41. The molecule has 5 nitrogen and oxygen atoms in total. The second-order valence-corrected chi connectivity index (χ2v) is 7.07. The fourth-order valence-corrected chi connectivity index (χ4v) is 3.68. The fourth-order valence-electron chi connectivity index (χ4n) is 3.68. The maximum atomic E-state index is 13.0. The summed E-state index contributed by atoms with van der Waals surface area (Å²) in [5.74, 6) is 0.0954. The number of nitrogens with zero attached hydrogens (tertiary/aromatic N) is 2. The van der Waals surface area contributed by atoms with E-state index in [1.807, 2.05) is 42.2 Å². The Hall–Kier alpha value is -1.88. The van der Waals surface area contributed by atoms with Gasteiger partial charge in [-0.3, -0.25) is 9.59 Å². The summed E-state index contributed by atoms with van der Waals surface area (Å²) in [7, 11) is 1.78. The van der Waals surface area contributed by atoms with Gasteiger partial charge in [-0.05, 0) is 37.8 Å². The Labute approximate surface area is 143 Å². The first-order valence-electron chi connectivity index (χ1n) is 8.74. The van der Waals surface area contributed by atoms with Gasteiger partial charge in [0, 0.05) is 32.5 Å². The highest BCUT2D eigenvalue weighted by Gasteiger charge is 2.42. The van der Waals surface area contributed by atoms with Crippen molar-refractivity contribution < 1.29 is 14.3 Å². The molecule has 3 rings (SSSR count). The number of likely N-dealkylation sites (N-methyl/N-ethyl adjacent to an activating group) is 1. The summed E-state index contributed by atoms with van der Waals surface area (Å²) < 4.78 is 5.39. The number of benzene rings is 1. The third-order valence-electron chi connectivity index (χ3n) is 5.38. The Kier molecular flexibility index (Phi) is 4.90. The van der Waals surface area contributed by atoms with Crippen LogP contribution in [0.1, 0.15) is 32.6 Å². The Bertz CT molecular complexity index is 596. The largest absolute Gasteiger partial charge is 0.381 e. The van der Waals surface area contributed by atoms with E-state index in [2.05, 4.69) is 0 Å². The minimum absolute atomic E-state index is 0.0268. The molecule has 2 saturated heterocycles. The monoisotopic (exact) mass is 330 g/mol. The predicted molar refractivity (Wildman–Crippen MR) is 92.7 cm³/mol. The van der Waals surface area contributed by atoms with Gasteiger partial charge in [0.2, 0.25) is 11.8 Å². The van der Waals surface area contributed by atoms with Gasteiger partial charge in [0.05, 0.1) is 5.41 Å². The van der Waals surface area contributed by atoms with Gasteiger partial charge in [-0.15, -0.1) is 0 Å². The molecule has 0 aliphatic carbocycles. The minimum Gasteiger partial charge on any atom is -0.381 e. The molecule has 130 valence electrons. The molecule has 2 aliphatic rings. The second kappa shape index (κ2) is 6.93. The minimum atomic E-state index is -0.414. The molecule has 2 aliphatic heterocycles. The number of para-hydroxylation sites is 1. The fraction of sp³-hybridized carbons (Fsp3) is 0.579. The van der Waals surface area contributed by atoms with Crippen molar-refractivity contribution >= 4 is 17.5 Å². The smallest absolute Gasteiger partial charge is 0.249 e. The molecule has 1 atom stereocenters. The summed E-state index contributed by atoms with van der Waals surface area (Å²) in [6.45, 7) is 3.94. The van der Waals surface area contributed by atoms with Crippen molar-refractivity contribution in [3.63, 3.8) is 0 Å². The van der Waals surface area contributed by atoms with E-state index in [4.69, 9.17) is 4.74 Å². The van der Waals surface area contributed by atoms with Crippen molar-refractivity contribution in [3.8, 4) is 0 Å². The first-order chi connectivity index (χ1) is 11.5. The van der Waals surface area contributed by atoms with Crippen LogP contribution in [0.15, 0.2) is 30.3 Å². The number of anilines is 1. The lowest BCUT2D eigenvalue weighted by atomic mass is 9.80. The van der Waals surface area contributed by atoms with Crippen molar-refractivity contribution in [2.75, 3.05) is 31.7 Å². The predicted octanol–water partition coefficient (Wildman–Crippen LogP) is 2.46. The Morgan fingerprint density at radius 2 is 1.92 bits per heavy atom. The standard InChI is InChI=1S/C19H26N2O3/c1-19(10-13-24-14-11-19)18(23)20(2)16-9-6-12-21(17(16)22)15-7-4-3-5-8-15/h3-5,7-8,16H,6,9-14H2,1-2H3. The van der Waals surface area contributed by atoms with Crippen LogP contribution in [-0.4, -0.2) is 49.6 Å². The van der Waals surface area contributed by atoms with Gasteiger partial charge in [-0.2, -0.15) is 0 Å². The summed E-state index contributed by atoms with van der Waals surface area (Å²) >= 11 is 0. The molecule has 1 aromatic carbocycles. The van der Waals surface area contributed by atoms with Crippen LogP contribution in [0, 0.1) is 5.41 Å². The number of amides is 2. The number of hydrogen-bond donors (Lipinski definition) is 0. The molecule has 2 heterocycles. The summed E-state index contributed by atoms with van der Waals surface area (Å²) in [5, 5.41) is 0. The van der Waals surface area contributed by atoms with E-state index in [9.17, 15) is 9.59 Å². The van der Waals surface area contributed by atoms with Crippen molar-refractivity contribution in [1.82, 2.24) is 4.90 Å². The van der Waals surface area contributed by atoms with Gasteiger partial charge < -0.3 is 14.5 Å². The number of ether oxygens (including phenoxy) is 1. The maximum Gasteiger partial charge on any atom is 0.249 e. The molecule has 0 radical (unpaired) electrons. The molecule has 5 heteroatoms. The summed E-state index contributed by atoms with van der Waals surface area (Å²) in [6.07, 6.45) is 3.08. The zero-order valence-electron chi connectivity index (χ0n) is 14.5. The van der Waals surface area contributed by atoms with Crippen LogP contribution in [0.2, 0.25) is 0 Å². The number of rotatable bonds is 3. The first-order valence-corrected chi connectivity index (χ1v) is 8.74. The molecule has 1 aromatic rings. The zero-order chi connectivity index (χ0) is 17.2. The van der Waals surface area contributed by atoms with E-state index in [0.29, 0.717) is 19.8 Å². The van der Waals surface area contributed by atoms with Crippen LogP contribution in [-0.2, 0) is 14.3 Å². The topological polar surface area (TPSA) is 49.9 Å². The molecule has 24 heavy (non-hydrogen) atoms. The van der Waals surface area contributed by atoms with Gasteiger partial charge in [0.15, 0.2) is 0 Å². The summed E-state index contributed by atoms with van der Waals surface area (Å²) in [5.41, 5.74) is 0.493. The van der Waals surface area contributed by atoms with E-state index in [-0.39, 0.29) is 17.9 Å². The third kappa shape index (κ3) is 3.18. The van der Waals surface area contributed by atoms with Gasteiger partial charge in [-0.25, -0.2) is 0 Å². The molecule has 0 bridgehead atoms. The molecule has 0 N–H and O–H groups in total. The van der Waals surface area contributed by atoms with Gasteiger partial charge in [0.1, 0.15) is 6.04 Å². The van der Waals surface area contributed by atoms with E-state index in [1.165, 1.54) is 0 Å². The molecule has 0 saturated carbocycles. The second-order valence-electron chi connectivity index (χ2n) is 7.07. The lowest BCUT2D eigenvalue weighted by Crippen LogP contribution is -2.56. The number of piperidine rings is 1. The van der Waals surface area contributed by atoms with Crippen molar-refractivity contribution in [3.05, 3.63) is 30.3 Å². The molecule has 1 unspecified atom stereocenters. The van der Waals surface area contributed by atoms with Crippen molar-refractivity contribution in [2.45, 2.75) is 38.6 Å². The Morgan fingerprint density at radius 1 is 1.25 bits per heavy atom. The first kappa shape index (κ1) is 17.0. The van der Waals surface area contributed by atoms with Gasteiger partial charge in [0.25, 0.3) is 0 Å². The van der Waals surface area contributed by atoms with Crippen LogP contribution in [0.3, 0.4) is 0 Å². The normalized spacial score (nSPS) is 23.8. The molecule has 0 aromatic heterocycles. The van der Waals surface area contributed by atoms with Crippen molar-refractivity contribution in [1.29, 1.82) is 0 Å². The zero-order valence-corrected chi connectivity index (χ0v) is 14.5. The van der Waals surface area contributed by atoms with E-state index < -0.39 is 5.41 Å². The maximum absolute atomic E-state index is 13.0. The number of carbonyl (C=O) groups is 2. The quantitative estimate of drug-likeness (QED) is 0.855. The average Bonchev–Trinajstić information content (AvgIpc) is 2.62. The van der Waals surface area contributed by atoms with Crippen LogP contribution in [0.4, 0.5) is 5.69 Å². The summed E-state index contributed by atoms with van der Waals surface area (Å²) in [4.78, 5) is 29.5. The highest BCUT2D eigenvalue weighted by Crippen LogP contribution is 2.33. The van der Waals surface area contributed by atoms with E-state index >= 15 is 0 Å². The van der Waals surface area contributed by atoms with E-state index in [1.54, 1.807) is 11.9 Å². The number of carbonyl (C=O) groups excluding carboxylic acids is 2. The molecular weight excluding hydrogens is 304 g/mol. The highest BCUT2D eigenvalue weighted by molar-refractivity contribution is 6.00. The van der Waals surface area contributed by atoms with Crippen LogP contribution in [0.5, 0.6) is 0 Å². The van der Waals surface area contributed by atoms with Crippen LogP contribution < -0.4 is 4.90 Å². The number of hydrogen-bond acceptors (Lipinski definition) is 3. The van der Waals surface area contributed by atoms with E-state index in [0.717, 1.165) is 31.4 Å². The average molecular weight is 330 g/mol. The van der Waals surface area contributed by atoms with Gasteiger partial charge >= 0.3 is 0 Å². The van der Waals surface area contributed by atoms with Crippen molar-refractivity contribution in [2.24, 2.45) is 5.41 Å². The Balaban J connectivity index is 1.75. The Morgan fingerprint density at radius 3 is 2.58 bits per heavy atom. The molecule has 0 spiro atoms. The molecule has 2 amide bonds. The summed E-state index contributed by atoms with van der Waals surface area (Å²) in [6, 6.07) is 9.33. The van der Waals surface area contributed by atoms with Crippen LogP contribution in [0.25, 0.3) is 0 Å². The molecule has 2 fully saturated rings. The van der Waals surface area contributed by atoms with Crippen LogP contribution >= 0.6 is 0 Å². The highest BCUT2D eigenvalue weighted by atomic mass is 16.5. The SMILES string of the molecule is CN(C(=O)C1(C)CCOCC1)C1CCCN(c2ccccc2)C1=O. The third-order valence-corrected chi connectivity index (χ3v) is 5.38. The molecular formula is C19H26N2O3. The van der Waals surface area contributed by atoms with Gasteiger partial charge in [-0.1, -0.05) is 25.1 Å². The lowest BCUT2D eigenvalue weighted by molar-refractivity contribution is -0.151.